The molecule has 0 aliphatic rings. The van der Waals surface area contributed by atoms with Crippen LogP contribution < -0.4 is 0 Å². The van der Waals surface area contributed by atoms with Crippen LogP contribution in [0.3, 0.4) is 0 Å². The van der Waals surface area contributed by atoms with Gasteiger partial charge in [0.2, 0.25) is 0 Å². The van der Waals surface area contributed by atoms with Crippen LogP contribution in [-0.2, 0) is 6.54 Å². The fraction of sp³-hybridized carbons (Fsp3) is 0.143. The van der Waals surface area contributed by atoms with E-state index in [0.717, 1.165) is 5.56 Å². The molecule has 0 radical (unpaired) electrons. The fourth-order valence-electron chi connectivity index (χ4n) is 1.66. The number of halogens is 1. The Hall–Kier alpha value is -2.45. The molecule has 0 aliphatic carbocycles. The summed E-state index contributed by atoms with van der Waals surface area (Å²) in [6.07, 6.45) is 0. The lowest BCUT2D eigenvalue weighted by Crippen LogP contribution is -2.27. The first-order valence-electron chi connectivity index (χ1n) is 5.84. The number of carbonyl (C=O) groups is 1. The van der Waals surface area contributed by atoms with Crippen LogP contribution in [0.15, 0.2) is 36.4 Å². The Labute approximate surface area is 121 Å². The Balaban J connectivity index is 2.07. The first-order valence-corrected chi connectivity index (χ1v) is 6.21. The van der Waals surface area contributed by atoms with Crippen molar-refractivity contribution in [3.63, 3.8) is 0 Å². The number of rotatable bonds is 3. The largest absolute Gasteiger partial charge is 0.336 e. The predicted octanol–water partition coefficient (Wildman–Crippen LogP) is 2.27. The maximum absolute atomic E-state index is 12.1. The second kappa shape index (κ2) is 6.13. The van der Waals surface area contributed by atoms with Crippen molar-refractivity contribution in [2.24, 2.45) is 0 Å². The third kappa shape index (κ3) is 3.31. The van der Waals surface area contributed by atoms with Crippen molar-refractivity contribution in [1.29, 1.82) is 5.26 Å². The zero-order valence-electron chi connectivity index (χ0n) is 10.7. The molecule has 100 valence electrons. The van der Waals surface area contributed by atoms with Gasteiger partial charge in [0, 0.05) is 13.6 Å². The van der Waals surface area contributed by atoms with E-state index in [2.05, 4.69) is 16.3 Å². The van der Waals surface area contributed by atoms with Crippen molar-refractivity contribution in [2.45, 2.75) is 6.54 Å². The van der Waals surface area contributed by atoms with E-state index >= 15 is 0 Å². The number of nitriles is 1. The van der Waals surface area contributed by atoms with Crippen LogP contribution in [0.2, 0.25) is 5.15 Å². The summed E-state index contributed by atoms with van der Waals surface area (Å²) in [6.45, 7) is 0.425. The summed E-state index contributed by atoms with van der Waals surface area (Å²) in [5.41, 5.74) is 1.76. The molecule has 0 spiro atoms. The highest BCUT2D eigenvalue weighted by Gasteiger charge is 2.14. The molecule has 1 aromatic heterocycles. The van der Waals surface area contributed by atoms with Crippen molar-refractivity contribution < 1.29 is 4.79 Å². The molecule has 2 aromatic rings. The summed E-state index contributed by atoms with van der Waals surface area (Å²) in [6, 6.07) is 12.2. The fourth-order valence-corrected chi connectivity index (χ4v) is 1.76. The van der Waals surface area contributed by atoms with Gasteiger partial charge < -0.3 is 4.90 Å². The van der Waals surface area contributed by atoms with Crippen molar-refractivity contribution >= 4 is 17.5 Å². The summed E-state index contributed by atoms with van der Waals surface area (Å²) >= 11 is 5.63. The van der Waals surface area contributed by atoms with Gasteiger partial charge in [-0.25, -0.2) is 0 Å². The molecule has 0 saturated heterocycles. The Morgan fingerprint density at radius 2 is 1.95 bits per heavy atom. The van der Waals surface area contributed by atoms with E-state index in [1.165, 1.54) is 17.0 Å². The lowest BCUT2D eigenvalue weighted by atomic mass is 10.1. The summed E-state index contributed by atoms with van der Waals surface area (Å²) < 4.78 is 0. The number of carbonyl (C=O) groups excluding carboxylic acids is 1. The van der Waals surface area contributed by atoms with Gasteiger partial charge in [-0.1, -0.05) is 23.7 Å². The van der Waals surface area contributed by atoms with Gasteiger partial charge in [-0.15, -0.1) is 10.2 Å². The molecule has 5 nitrogen and oxygen atoms in total. The molecule has 1 heterocycles. The number of hydrogen-bond acceptors (Lipinski definition) is 4. The van der Waals surface area contributed by atoms with E-state index in [1.54, 1.807) is 19.2 Å². The number of hydrogen-bond donors (Lipinski definition) is 0. The SMILES string of the molecule is CN(Cc1ccc(C#N)cc1)C(=O)c1ccc(Cl)nn1. The quantitative estimate of drug-likeness (QED) is 0.868. The van der Waals surface area contributed by atoms with Gasteiger partial charge in [0.1, 0.15) is 0 Å². The van der Waals surface area contributed by atoms with Crippen molar-refractivity contribution in [2.75, 3.05) is 7.05 Å². The molecular weight excluding hydrogens is 276 g/mol. The number of nitrogens with zero attached hydrogens (tertiary/aromatic N) is 4. The van der Waals surface area contributed by atoms with E-state index in [4.69, 9.17) is 16.9 Å². The molecule has 0 bridgehead atoms. The summed E-state index contributed by atoms with van der Waals surface area (Å²) in [5, 5.41) is 16.4. The van der Waals surface area contributed by atoms with Gasteiger partial charge in [0.05, 0.1) is 11.6 Å². The lowest BCUT2D eigenvalue weighted by Gasteiger charge is -2.16. The van der Waals surface area contributed by atoms with Crippen LogP contribution in [0.25, 0.3) is 0 Å². The average Bonchev–Trinajstić information content (AvgIpc) is 2.48. The van der Waals surface area contributed by atoms with E-state index < -0.39 is 0 Å². The molecule has 2 rings (SSSR count). The highest BCUT2D eigenvalue weighted by atomic mass is 35.5. The molecular formula is C14H11ClN4O. The van der Waals surface area contributed by atoms with Crippen LogP contribution in [0, 0.1) is 11.3 Å². The Morgan fingerprint density at radius 1 is 1.25 bits per heavy atom. The Bertz CT molecular complexity index is 646. The summed E-state index contributed by atoms with van der Waals surface area (Å²) in [4.78, 5) is 13.6. The Kier molecular flexibility index (Phi) is 4.28. The smallest absolute Gasteiger partial charge is 0.274 e. The maximum atomic E-state index is 12.1. The molecule has 1 amide bonds. The molecule has 0 unspecified atom stereocenters. The zero-order chi connectivity index (χ0) is 14.5. The van der Waals surface area contributed by atoms with E-state index in [-0.39, 0.29) is 16.8 Å². The molecule has 20 heavy (non-hydrogen) atoms. The Morgan fingerprint density at radius 3 is 2.50 bits per heavy atom. The number of aromatic nitrogens is 2. The topological polar surface area (TPSA) is 69.9 Å². The minimum Gasteiger partial charge on any atom is -0.336 e. The standard InChI is InChI=1S/C14H11ClN4O/c1-19(9-11-4-2-10(8-16)3-5-11)14(20)12-6-7-13(15)18-17-12/h2-7H,9H2,1H3. The van der Waals surface area contributed by atoms with Gasteiger partial charge in [-0.3, -0.25) is 4.79 Å². The molecule has 0 saturated carbocycles. The zero-order valence-corrected chi connectivity index (χ0v) is 11.5. The summed E-state index contributed by atoms with van der Waals surface area (Å²) in [7, 11) is 1.68. The van der Waals surface area contributed by atoms with E-state index in [0.29, 0.717) is 12.1 Å². The number of benzene rings is 1. The minimum absolute atomic E-state index is 0.237. The highest BCUT2D eigenvalue weighted by molar-refractivity contribution is 6.29. The second-order valence-electron chi connectivity index (χ2n) is 4.21. The predicted molar refractivity (Wildman–Crippen MR) is 74.0 cm³/mol. The van der Waals surface area contributed by atoms with Crippen molar-refractivity contribution in [1.82, 2.24) is 15.1 Å². The average molecular weight is 287 g/mol. The molecule has 6 heteroatoms. The van der Waals surface area contributed by atoms with Gasteiger partial charge >= 0.3 is 0 Å². The van der Waals surface area contributed by atoms with Crippen LogP contribution in [0.1, 0.15) is 21.6 Å². The molecule has 0 atom stereocenters. The van der Waals surface area contributed by atoms with Crippen LogP contribution in [0.4, 0.5) is 0 Å². The van der Waals surface area contributed by atoms with Crippen molar-refractivity contribution in [3.05, 3.63) is 58.4 Å². The van der Waals surface area contributed by atoms with Gasteiger partial charge in [-0.05, 0) is 29.8 Å². The monoisotopic (exact) mass is 286 g/mol. The van der Waals surface area contributed by atoms with Gasteiger partial charge in [0.15, 0.2) is 10.8 Å². The lowest BCUT2D eigenvalue weighted by molar-refractivity contribution is 0.0778. The maximum Gasteiger partial charge on any atom is 0.274 e. The molecule has 1 aromatic carbocycles. The van der Waals surface area contributed by atoms with Gasteiger partial charge in [-0.2, -0.15) is 5.26 Å². The third-order valence-electron chi connectivity index (χ3n) is 2.70. The molecule has 0 aliphatic heterocycles. The van der Waals surface area contributed by atoms with Crippen LogP contribution in [0.5, 0.6) is 0 Å². The second-order valence-corrected chi connectivity index (χ2v) is 4.60. The molecule has 0 N–H and O–H groups in total. The van der Waals surface area contributed by atoms with Crippen LogP contribution in [-0.4, -0.2) is 28.1 Å². The first-order chi connectivity index (χ1) is 9.60. The van der Waals surface area contributed by atoms with Gasteiger partial charge in [0.25, 0.3) is 5.91 Å². The summed E-state index contributed by atoms with van der Waals surface area (Å²) in [5.74, 6) is -0.237. The van der Waals surface area contributed by atoms with Crippen LogP contribution >= 0.6 is 11.6 Å². The third-order valence-corrected chi connectivity index (χ3v) is 2.90. The number of amides is 1. The molecule has 0 fully saturated rings. The van der Waals surface area contributed by atoms with E-state index in [1.807, 2.05) is 12.1 Å². The highest BCUT2D eigenvalue weighted by Crippen LogP contribution is 2.09. The van der Waals surface area contributed by atoms with E-state index in [9.17, 15) is 4.79 Å². The first kappa shape index (κ1) is 14.0. The van der Waals surface area contributed by atoms with Crippen molar-refractivity contribution in [3.8, 4) is 6.07 Å². The normalized spacial score (nSPS) is 9.85. The minimum atomic E-state index is -0.237.